The van der Waals surface area contributed by atoms with E-state index in [1.54, 1.807) is 7.05 Å². The Kier molecular flexibility index (Phi) is 25.1. The minimum Gasteiger partial charge on any atom is -1.00 e. The summed E-state index contributed by atoms with van der Waals surface area (Å²) in [7, 11) is 9.59. The molecular weight excluding hydrogens is 545 g/mol. The maximum Gasteiger partial charge on any atom is 1.00 e. The summed E-state index contributed by atoms with van der Waals surface area (Å²) in [6.07, 6.45) is 1.25. The van der Waals surface area contributed by atoms with E-state index in [2.05, 4.69) is 146 Å². The van der Waals surface area contributed by atoms with Gasteiger partial charge in [-0.05, 0) is 73.2 Å². The molecule has 1 fully saturated rings. The molecule has 6 nitrogen and oxygen atoms in total. The van der Waals surface area contributed by atoms with Crippen molar-refractivity contribution in [1.29, 1.82) is 0 Å². The van der Waals surface area contributed by atoms with Gasteiger partial charge in [0, 0.05) is 57.6 Å². The molecule has 1 heterocycles. The minimum atomic E-state index is -0.624. The Bertz CT molecular complexity index is 844. The summed E-state index contributed by atoms with van der Waals surface area (Å²) in [5, 5.41) is 5.03. The molecule has 1 aliphatic rings. The number of amides is 1. The number of carbonyl (C=O) groups is 1. The standard InChI is InChI=1S/C20H39N3O.C5H11NS.C3H8.C2H3NS.CH4.Na.H/c1-14(2)15(21(11)12)22(13)20(10)16(24)23(17(3,4)5)19(8,9)18(20,6)7;1-4(2)5(7)6-3;1-3-2;1-3-2-4;;;/h1-13H3;4H,1-3H3,(H,6,7);3H2,1-2H3;1H3;1H4;;/q;;;;;+1;-1. The zero-order chi connectivity index (χ0) is 31.4. The van der Waals surface area contributed by atoms with Gasteiger partial charge in [0.15, 0.2) is 0 Å². The first kappa shape index (κ1) is 49.2. The van der Waals surface area contributed by atoms with E-state index >= 15 is 0 Å². The summed E-state index contributed by atoms with van der Waals surface area (Å²) in [4.78, 5) is 24.4. The number of aliphatic imine (C=N–C) groups is 1. The molecule has 9 heteroatoms. The molecule has 0 spiro atoms. The average Bonchev–Trinajstić information content (AvgIpc) is 2.87. The fraction of sp³-hybridized carbons (Fsp3) is 0.839. The molecule has 1 saturated heterocycles. The van der Waals surface area contributed by atoms with Crippen LogP contribution in [0.1, 0.15) is 112 Å². The summed E-state index contributed by atoms with van der Waals surface area (Å²) in [5.74, 6) is 1.79. The smallest absolute Gasteiger partial charge is 1.00 e. The van der Waals surface area contributed by atoms with Crippen molar-refractivity contribution in [3.05, 3.63) is 11.4 Å². The maximum atomic E-state index is 13.7. The number of allylic oxidation sites excluding steroid dienone is 1. The Balaban J connectivity index is -0.000000151. The van der Waals surface area contributed by atoms with Crippen molar-refractivity contribution < 1.29 is 35.8 Å². The maximum absolute atomic E-state index is 13.7. The normalized spacial score (nSPS) is 17.9. The van der Waals surface area contributed by atoms with E-state index in [9.17, 15) is 4.79 Å². The Hall–Kier alpha value is -0.500. The van der Waals surface area contributed by atoms with E-state index in [1.165, 1.54) is 12.0 Å². The fourth-order valence-electron chi connectivity index (χ4n) is 4.90. The second-order valence-electron chi connectivity index (χ2n) is 12.6. The third-order valence-corrected chi connectivity index (χ3v) is 8.18. The van der Waals surface area contributed by atoms with Gasteiger partial charge in [-0.2, -0.15) is 0 Å². The Morgan fingerprint density at radius 2 is 1.45 bits per heavy atom. The van der Waals surface area contributed by atoms with Crippen LogP contribution < -0.4 is 34.9 Å². The van der Waals surface area contributed by atoms with E-state index in [0.717, 1.165) is 10.8 Å². The summed E-state index contributed by atoms with van der Waals surface area (Å²) in [5.41, 5.74) is -0.139. The molecule has 0 bridgehead atoms. The van der Waals surface area contributed by atoms with Crippen LogP contribution in [0.15, 0.2) is 16.4 Å². The van der Waals surface area contributed by atoms with Crippen molar-refractivity contribution in [3.63, 3.8) is 0 Å². The van der Waals surface area contributed by atoms with Crippen molar-refractivity contribution in [2.45, 2.75) is 127 Å². The quantitative estimate of drug-likeness (QED) is 0.274. The SMILES string of the molecule is C.CC(C)=C(N(C)C)N(C)C1(C)C(=O)N(C(C)(C)C)C(C)(C)C1(C)C.CCC.CN=C=S.CNC(=S)C(C)C.[H-].[Na+]. The van der Waals surface area contributed by atoms with Gasteiger partial charge in [0.25, 0.3) is 0 Å². The molecule has 0 aromatic carbocycles. The molecular formula is C31H66N5NaOS2. The van der Waals surface area contributed by atoms with Gasteiger partial charge in [0.05, 0.1) is 10.1 Å². The number of nitrogens with zero attached hydrogens (tertiary/aromatic N) is 4. The molecule has 1 unspecified atom stereocenters. The van der Waals surface area contributed by atoms with Crippen molar-refractivity contribution in [2.75, 3.05) is 35.2 Å². The van der Waals surface area contributed by atoms with Crippen LogP contribution in [0.3, 0.4) is 0 Å². The van der Waals surface area contributed by atoms with Gasteiger partial charge in [-0.1, -0.05) is 67.6 Å². The van der Waals surface area contributed by atoms with Crippen molar-refractivity contribution in [3.8, 4) is 0 Å². The van der Waals surface area contributed by atoms with Crippen LogP contribution in [0, 0.1) is 11.3 Å². The molecule has 1 N–H and O–H groups in total. The molecule has 0 aromatic heterocycles. The Morgan fingerprint density at radius 3 is 1.60 bits per heavy atom. The van der Waals surface area contributed by atoms with Crippen LogP contribution in [0.4, 0.5) is 0 Å². The van der Waals surface area contributed by atoms with E-state index in [1.807, 2.05) is 21.1 Å². The number of carbonyl (C=O) groups excluding carboxylic acids is 1. The minimum absolute atomic E-state index is 0. The van der Waals surface area contributed by atoms with Gasteiger partial charge >= 0.3 is 29.6 Å². The van der Waals surface area contributed by atoms with Crippen LogP contribution in [0.2, 0.25) is 0 Å². The van der Waals surface area contributed by atoms with Crippen molar-refractivity contribution in [2.24, 2.45) is 16.3 Å². The molecule has 1 aliphatic heterocycles. The van der Waals surface area contributed by atoms with Crippen LogP contribution >= 0.6 is 24.4 Å². The fourth-order valence-corrected chi connectivity index (χ4v) is 4.90. The molecule has 0 aliphatic carbocycles. The molecule has 0 aromatic rings. The van der Waals surface area contributed by atoms with Gasteiger partial charge in [0.1, 0.15) is 11.4 Å². The number of thiocarbonyl (C=S) groups is 2. The monoisotopic (exact) mass is 611 g/mol. The Labute approximate surface area is 285 Å². The van der Waals surface area contributed by atoms with Gasteiger partial charge in [-0.15, -0.1) is 0 Å². The number of likely N-dealkylation sites (tertiary alicyclic amines) is 1. The molecule has 40 heavy (non-hydrogen) atoms. The average molecular weight is 612 g/mol. The van der Waals surface area contributed by atoms with Gasteiger partial charge < -0.3 is 21.4 Å². The van der Waals surface area contributed by atoms with Gasteiger partial charge in [0.2, 0.25) is 5.91 Å². The van der Waals surface area contributed by atoms with E-state index in [4.69, 9.17) is 12.2 Å². The first-order valence-corrected chi connectivity index (χ1v) is 14.4. The zero-order valence-electron chi connectivity index (χ0n) is 30.3. The number of hydrogen-bond donors (Lipinski definition) is 1. The molecule has 234 valence electrons. The topological polar surface area (TPSA) is 51.2 Å². The van der Waals surface area contributed by atoms with E-state index in [-0.39, 0.29) is 60.8 Å². The first-order valence-electron chi connectivity index (χ1n) is 13.6. The molecule has 0 radical (unpaired) electrons. The molecule has 1 amide bonds. The van der Waals surface area contributed by atoms with Crippen molar-refractivity contribution >= 4 is 40.5 Å². The van der Waals surface area contributed by atoms with Crippen LogP contribution in [0.25, 0.3) is 0 Å². The predicted molar refractivity (Wildman–Crippen MR) is 184 cm³/mol. The predicted octanol–water partition coefficient (Wildman–Crippen LogP) is 5.01. The molecule has 0 saturated carbocycles. The Morgan fingerprint density at radius 1 is 1.10 bits per heavy atom. The number of nitrogens with one attached hydrogen (secondary N) is 1. The number of rotatable bonds is 4. The second-order valence-corrected chi connectivity index (χ2v) is 13.3. The van der Waals surface area contributed by atoms with Crippen molar-refractivity contribution in [1.82, 2.24) is 20.0 Å². The molecule has 1 atom stereocenters. The van der Waals surface area contributed by atoms with Crippen LogP contribution in [-0.4, -0.2) is 82.6 Å². The largest absolute Gasteiger partial charge is 1.00 e. The summed E-state index contributed by atoms with van der Waals surface area (Å²) >= 11 is 9.00. The second kappa shape index (κ2) is 20.4. The summed E-state index contributed by atoms with van der Waals surface area (Å²) < 4.78 is 0. The first-order chi connectivity index (χ1) is 17.0. The van der Waals surface area contributed by atoms with E-state index < -0.39 is 5.54 Å². The summed E-state index contributed by atoms with van der Waals surface area (Å²) in [6, 6.07) is 0. The number of hydrogen-bond acceptors (Lipinski definition) is 6. The number of isothiocyanates is 1. The summed E-state index contributed by atoms with van der Waals surface area (Å²) in [6.45, 7) is 29.9. The van der Waals surface area contributed by atoms with Crippen LogP contribution in [0.5, 0.6) is 0 Å². The van der Waals surface area contributed by atoms with E-state index in [0.29, 0.717) is 5.92 Å². The zero-order valence-corrected chi connectivity index (χ0v) is 32.9. The van der Waals surface area contributed by atoms with Gasteiger partial charge in [-0.3, -0.25) is 4.79 Å². The van der Waals surface area contributed by atoms with Crippen LogP contribution in [-0.2, 0) is 4.79 Å². The third-order valence-electron chi connectivity index (χ3n) is 7.32. The number of likely N-dealkylation sites (N-methyl/N-ethyl adjacent to an activating group) is 1. The third kappa shape index (κ3) is 12.0. The van der Waals surface area contributed by atoms with Gasteiger partial charge in [-0.25, -0.2) is 4.99 Å². The molecule has 1 rings (SSSR count).